The van der Waals surface area contributed by atoms with Crippen LogP contribution in [0.25, 0.3) is 5.53 Å². The van der Waals surface area contributed by atoms with E-state index >= 15 is 0 Å². The van der Waals surface area contributed by atoms with Crippen molar-refractivity contribution < 1.29 is 29.0 Å². The summed E-state index contributed by atoms with van der Waals surface area (Å²) in [6.07, 6.45) is 0. The number of benzene rings is 9. The minimum absolute atomic E-state index is 0. The largest absolute Gasteiger partial charge is 0.395 e. The molecule has 0 aromatic heterocycles. The molecule has 0 aliphatic carbocycles. The number of rotatable bonds is 25. The van der Waals surface area contributed by atoms with E-state index in [2.05, 4.69) is 117 Å². The fourth-order valence-corrected chi connectivity index (χ4v) is 9.20. The number of para-hydroxylation sites is 3. The van der Waals surface area contributed by atoms with Gasteiger partial charge < -0.3 is 34.8 Å². The van der Waals surface area contributed by atoms with Crippen molar-refractivity contribution >= 4 is 50.3 Å². The summed E-state index contributed by atoms with van der Waals surface area (Å²) < 4.78 is 11.7. The van der Waals surface area contributed by atoms with Crippen molar-refractivity contribution in [2.45, 2.75) is 46.7 Å². The minimum atomic E-state index is 0. The van der Waals surface area contributed by atoms with Crippen LogP contribution in [0.5, 0.6) is 0 Å². The molecule has 11 heteroatoms. The highest BCUT2D eigenvalue weighted by molar-refractivity contribution is 9.08. The molecule has 434 valence electrons. The molecule has 0 amide bonds. The van der Waals surface area contributed by atoms with E-state index in [0.717, 1.165) is 71.4 Å². The molecule has 0 unspecified atom stereocenters. The number of hydrogen-bond donors (Lipinski definition) is 1. The van der Waals surface area contributed by atoms with Crippen LogP contribution in [-0.2, 0) is 28.0 Å². The molecule has 9 aromatic carbocycles. The van der Waals surface area contributed by atoms with E-state index in [0.29, 0.717) is 49.8 Å². The number of ketones is 2. The lowest BCUT2D eigenvalue weighted by molar-refractivity contribution is -0.00280. The molecule has 10 nitrogen and oxygen atoms in total. The molecule has 9 aromatic rings. The SMILES string of the molecule is C.CCN(CCO)c1ccccc1.CCN(CCOCc1ccc(C(=O)c2ccccc2)cc1)c1ccccc1.CCN(CCOCc1ccc(C(=[N+]=[N-])c2ccccc2)cc1)c1ccccc1.O=C(c1ccccc1)c1ccc(CBr)cc1. The summed E-state index contributed by atoms with van der Waals surface area (Å²) in [5.41, 5.74) is 21.5. The number of ether oxygens (including phenoxy) is 2. The Morgan fingerprint density at radius 1 is 0.405 bits per heavy atom. The summed E-state index contributed by atoms with van der Waals surface area (Å²) in [7, 11) is 0. The van der Waals surface area contributed by atoms with Crippen LogP contribution in [0.2, 0.25) is 0 Å². The topological polar surface area (TPSA) is 119 Å². The van der Waals surface area contributed by atoms with Gasteiger partial charge in [-0.2, -0.15) is 4.79 Å². The zero-order chi connectivity index (χ0) is 58.7. The Morgan fingerprint density at radius 3 is 0.988 bits per heavy atom. The van der Waals surface area contributed by atoms with Crippen molar-refractivity contribution in [3.63, 3.8) is 0 Å². The van der Waals surface area contributed by atoms with Crippen molar-refractivity contribution in [3.05, 3.63) is 310 Å². The van der Waals surface area contributed by atoms with Crippen LogP contribution >= 0.6 is 15.9 Å². The maximum Gasteiger partial charge on any atom is 0.329 e. The van der Waals surface area contributed by atoms with E-state index < -0.39 is 0 Å². The summed E-state index contributed by atoms with van der Waals surface area (Å²) >= 11 is 3.38. The molecule has 0 bridgehead atoms. The van der Waals surface area contributed by atoms with Gasteiger partial charge in [0.25, 0.3) is 0 Å². The van der Waals surface area contributed by atoms with Crippen LogP contribution in [0.4, 0.5) is 17.1 Å². The van der Waals surface area contributed by atoms with Crippen LogP contribution < -0.4 is 14.7 Å². The standard InChI is InChI=1S/C24H25N3O.C24H25NO2.C14H11BrO.C10H15NO.CH4/c1-2-27(23-11-7-4-8-12-23)17-18-28-19-20-13-15-22(16-14-20)24(26-25)21-9-5-3-6-10-21;1-2-25(23-11-7-4-8-12-23)17-18-27-19-20-13-15-22(16-14-20)24(26)21-9-5-3-6-10-21;15-10-11-6-8-13(9-7-11)14(16)12-4-2-1-3-5-12;1-2-11(8-9-12)10-6-4-3-5-7-10;/h3-16H,2,17-19H2,1H3;3-16H,2,17-19H2,1H3;1-9H,10H2;3-7,12H,2,8-9H2,1H3;1H4. The van der Waals surface area contributed by atoms with Gasteiger partial charge in [-0.15, -0.1) is 0 Å². The number of alkyl halides is 1. The number of carbonyl (C=O) groups excluding carboxylic acids is 2. The zero-order valence-corrected chi connectivity index (χ0v) is 49.5. The van der Waals surface area contributed by atoms with Crippen molar-refractivity contribution in [3.8, 4) is 0 Å². The van der Waals surface area contributed by atoms with E-state index in [4.69, 9.17) is 14.6 Å². The second kappa shape index (κ2) is 38.3. The van der Waals surface area contributed by atoms with Crippen LogP contribution in [0.15, 0.2) is 255 Å². The average molecular weight is 1190 g/mol. The summed E-state index contributed by atoms with van der Waals surface area (Å²) in [6, 6.07) is 82.5. The number of halogens is 1. The van der Waals surface area contributed by atoms with Crippen molar-refractivity contribution in [1.29, 1.82) is 0 Å². The molecule has 0 heterocycles. The molecule has 0 aliphatic heterocycles. The molecule has 0 atom stereocenters. The number of aliphatic hydroxyl groups excluding tert-OH is 1. The van der Waals surface area contributed by atoms with Gasteiger partial charge in [-0.05, 0) is 98.1 Å². The Hall–Kier alpha value is -8.54. The zero-order valence-electron chi connectivity index (χ0n) is 47.9. The maximum absolute atomic E-state index is 12.4. The molecule has 0 saturated carbocycles. The van der Waals surface area contributed by atoms with Crippen molar-refractivity contribution in [2.75, 3.05) is 73.8 Å². The first-order valence-electron chi connectivity index (χ1n) is 28.2. The number of carbonyl (C=O) groups is 2. The molecular formula is C73H80BrN5O5. The molecule has 84 heavy (non-hydrogen) atoms. The first kappa shape index (κ1) is 66.3. The van der Waals surface area contributed by atoms with Gasteiger partial charge in [0.05, 0.1) is 44.2 Å². The van der Waals surface area contributed by atoms with E-state index in [-0.39, 0.29) is 25.6 Å². The minimum Gasteiger partial charge on any atom is -0.395 e. The molecule has 0 fully saturated rings. The summed E-state index contributed by atoms with van der Waals surface area (Å²) in [4.78, 5) is 34.7. The second-order valence-corrected chi connectivity index (χ2v) is 19.6. The van der Waals surface area contributed by atoms with Gasteiger partial charge in [-0.1, -0.05) is 217 Å². The summed E-state index contributed by atoms with van der Waals surface area (Å²) in [5.74, 6) is 0.117. The molecule has 0 aliphatic rings. The molecule has 0 spiro atoms. The highest BCUT2D eigenvalue weighted by Crippen LogP contribution is 2.18. The molecule has 0 radical (unpaired) electrons. The van der Waals surface area contributed by atoms with Crippen LogP contribution in [0.1, 0.15) is 87.9 Å². The van der Waals surface area contributed by atoms with E-state index in [1.165, 1.54) is 22.6 Å². The third-order valence-corrected chi connectivity index (χ3v) is 14.1. The quantitative estimate of drug-likeness (QED) is 0.0150. The predicted molar refractivity (Wildman–Crippen MR) is 351 cm³/mol. The van der Waals surface area contributed by atoms with E-state index in [1.54, 1.807) is 0 Å². The van der Waals surface area contributed by atoms with Crippen LogP contribution in [-0.4, -0.2) is 86.3 Å². The van der Waals surface area contributed by atoms with Gasteiger partial charge in [0.1, 0.15) is 0 Å². The third kappa shape index (κ3) is 22.0. The monoisotopic (exact) mass is 1190 g/mol. The molecule has 0 saturated heterocycles. The van der Waals surface area contributed by atoms with Gasteiger partial charge in [0.15, 0.2) is 11.6 Å². The van der Waals surface area contributed by atoms with E-state index in [1.807, 2.05) is 194 Å². The number of hydrogen-bond acceptors (Lipinski definition) is 8. The number of aliphatic hydroxyl groups is 1. The van der Waals surface area contributed by atoms with Crippen LogP contribution in [0, 0.1) is 0 Å². The van der Waals surface area contributed by atoms with Crippen molar-refractivity contribution in [2.24, 2.45) is 0 Å². The summed E-state index contributed by atoms with van der Waals surface area (Å²) in [6.45, 7) is 14.3. The highest BCUT2D eigenvalue weighted by atomic mass is 79.9. The average Bonchev–Trinajstić information content (AvgIpc) is 3.74. The Morgan fingerprint density at radius 2 is 0.679 bits per heavy atom. The Bertz CT molecular complexity index is 3260. The van der Waals surface area contributed by atoms with Gasteiger partial charge in [-0.3, -0.25) is 9.59 Å². The Labute approximate surface area is 507 Å². The molecular weight excluding hydrogens is 1110 g/mol. The number of nitrogens with zero attached hydrogens (tertiary/aromatic N) is 5. The lowest BCUT2D eigenvalue weighted by atomic mass is 10.0. The number of likely N-dealkylation sites (N-methyl/N-ethyl adjacent to an activating group) is 3. The fraction of sp³-hybridized carbons (Fsp3) is 0.219. The lowest BCUT2D eigenvalue weighted by Gasteiger charge is -2.22. The van der Waals surface area contributed by atoms with Gasteiger partial charge >= 0.3 is 5.71 Å². The second-order valence-electron chi connectivity index (χ2n) is 19.0. The smallest absolute Gasteiger partial charge is 0.329 e. The van der Waals surface area contributed by atoms with Gasteiger partial charge in [0.2, 0.25) is 0 Å². The predicted octanol–water partition coefficient (Wildman–Crippen LogP) is 15.7. The van der Waals surface area contributed by atoms with Crippen LogP contribution in [0.3, 0.4) is 0 Å². The van der Waals surface area contributed by atoms with E-state index in [9.17, 15) is 15.1 Å². The van der Waals surface area contributed by atoms with Gasteiger partial charge in [0, 0.05) is 83.9 Å². The van der Waals surface area contributed by atoms with Gasteiger partial charge in [-0.25, -0.2) is 0 Å². The number of anilines is 3. The molecule has 1 N–H and O–H groups in total. The Kier molecular flexibility index (Phi) is 30.2. The summed E-state index contributed by atoms with van der Waals surface area (Å²) in [5, 5.41) is 9.60. The van der Waals surface area contributed by atoms with Crippen molar-refractivity contribution in [1.82, 2.24) is 0 Å². The first-order valence-corrected chi connectivity index (χ1v) is 29.4. The maximum atomic E-state index is 12.4. The fourth-order valence-electron chi connectivity index (χ4n) is 8.82. The normalized spacial score (nSPS) is 10.2. The molecule has 9 rings (SSSR count). The first-order chi connectivity index (χ1) is 40.8. The highest BCUT2D eigenvalue weighted by Gasteiger charge is 2.15. The third-order valence-electron chi connectivity index (χ3n) is 13.5. The lowest BCUT2D eigenvalue weighted by Crippen LogP contribution is -2.26. The Balaban J connectivity index is 0.000000214.